The van der Waals surface area contributed by atoms with Crippen LogP contribution in [-0.2, 0) is 16.1 Å². The lowest BCUT2D eigenvalue weighted by Crippen LogP contribution is -2.40. The van der Waals surface area contributed by atoms with Crippen LogP contribution < -0.4 is 26.4 Å². The molecule has 6 aromatic rings. The molecule has 0 aliphatic carbocycles. The van der Waals surface area contributed by atoms with Gasteiger partial charge in [0.1, 0.15) is 11.9 Å². The van der Waals surface area contributed by atoms with E-state index >= 15 is 0 Å². The number of carbonyl (C=O) groups is 3. The number of nitrogens with zero attached hydrogens (tertiary/aromatic N) is 2. The third kappa shape index (κ3) is 10.7. The van der Waals surface area contributed by atoms with Crippen LogP contribution in [0.2, 0.25) is 0 Å². The highest BCUT2D eigenvalue weighted by atomic mass is 16.6. The van der Waals surface area contributed by atoms with Gasteiger partial charge >= 0.3 is 6.09 Å². The van der Waals surface area contributed by atoms with Crippen molar-refractivity contribution in [3.63, 3.8) is 0 Å². The number of hydrogen-bond donors (Lipinski definition) is 6. The Labute approximate surface area is 354 Å². The number of piperidine rings is 1. The van der Waals surface area contributed by atoms with Crippen LogP contribution in [0.25, 0.3) is 22.0 Å². The van der Waals surface area contributed by atoms with Gasteiger partial charge in [-0.3, -0.25) is 19.7 Å². The lowest BCUT2D eigenvalue weighted by Gasteiger charge is -2.32. The molecule has 1 aliphatic heterocycles. The summed E-state index contributed by atoms with van der Waals surface area (Å²) in [4.78, 5) is 57.7. The van der Waals surface area contributed by atoms with Gasteiger partial charge in [0.25, 0.3) is 5.91 Å². The number of benzene rings is 5. The van der Waals surface area contributed by atoms with Gasteiger partial charge in [-0.15, -0.1) is 0 Å². The van der Waals surface area contributed by atoms with E-state index in [9.17, 15) is 29.4 Å². The van der Waals surface area contributed by atoms with Crippen molar-refractivity contribution in [1.82, 2.24) is 15.2 Å². The number of para-hydroxylation sites is 1. The minimum atomic E-state index is -0.886. The highest BCUT2D eigenvalue weighted by Gasteiger charge is 2.24. The fourth-order valence-corrected chi connectivity index (χ4v) is 7.59. The number of pyridine rings is 1. The summed E-state index contributed by atoms with van der Waals surface area (Å²) < 4.78 is 5.78. The first kappa shape index (κ1) is 42.3. The van der Waals surface area contributed by atoms with Gasteiger partial charge in [-0.2, -0.15) is 0 Å². The number of hydrogen-bond acceptors (Lipinski definition) is 9. The Kier molecular flexibility index (Phi) is 13.5. The van der Waals surface area contributed by atoms with E-state index in [4.69, 9.17) is 4.74 Å². The highest BCUT2D eigenvalue weighted by Crippen LogP contribution is 2.30. The van der Waals surface area contributed by atoms with Crippen LogP contribution >= 0.6 is 0 Å². The van der Waals surface area contributed by atoms with Crippen LogP contribution in [0.15, 0.2) is 126 Å². The molecule has 0 bridgehead atoms. The molecular weight excluding hydrogens is 773 g/mol. The molecule has 3 amide bonds. The van der Waals surface area contributed by atoms with Crippen LogP contribution in [0, 0.1) is 6.92 Å². The summed E-state index contributed by atoms with van der Waals surface area (Å²) in [5.74, 6) is -0.444. The van der Waals surface area contributed by atoms with E-state index in [1.165, 1.54) is 12.1 Å². The van der Waals surface area contributed by atoms with Crippen LogP contribution in [0.4, 0.5) is 21.9 Å². The van der Waals surface area contributed by atoms with Crippen molar-refractivity contribution in [3.8, 4) is 16.9 Å². The molecule has 7 rings (SSSR count). The van der Waals surface area contributed by atoms with Crippen LogP contribution in [0.3, 0.4) is 0 Å². The topological polar surface area (TPSA) is 176 Å². The molecule has 0 unspecified atom stereocenters. The van der Waals surface area contributed by atoms with Gasteiger partial charge in [0.2, 0.25) is 11.5 Å². The maximum absolute atomic E-state index is 13.4. The SMILES string of the molecule is Cc1ccc(C(=O)Nc2ccc(CNC[C@@H](O)c3ccc(O)c4[nH]c(=O)ccc34)cc2)cc1N(C)C(=O)CCN1CCC(OC(=O)Nc2ccccc2-c2ccccc2)CC1. The average Bonchev–Trinajstić information content (AvgIpc) is 3.27. The molecule has 1 aliphatic rings. The smallest absolute Gasteiger partial charge is 0.411 e. The molecule has 0 saturated carbocycles. The zero-order chi connectivity index (χ0) is 42.9. The standard InChI is InChI=1S/C48H50N6O7/c1-31-12-15-34(47(59)50-35-16-13-32(14-17-35)29-49-30-43(56)38-18-20-42(55)46-39(38)19-21-44(57)52-46)28-41(31)53(2)45(58)24-27-54-25-22-36(23-26-54)61-48(60)51-40-11-7-6-10-37(40)33-8-4-3-5-9-33/h3-21,28,36,43,49,55-56H,22-27,29-30H2,1-2H3,(H,50,59)(H,51,60)(H,52,57)/t43-/m1/s1. The molecule has 2 heterocycles. The number of nitrogens with one attached hydrogen (secondary N) is 4. The van der Waals surface area contributed by atoms with Crippen molar-refractivity contribution < 1.29 is 29.3 Å². The van der Waals surface area contributed by atoms with Crippen LogP contribution in [-0.4, -0.2) is 77.3 Å². The van der Waals surface area contributed by atoms with Crippen molar-refractivity contribution >= 4 is 45.9 Å². The number of ether oxygens (including phenoxy) is 1. The number of aromatic amines is 1. The zero-order valence-electron chi connectivity index (χ0n) is 34.2. The molecular formula is C48H50N6O7. The van der Waals surface area contributed by atoms with E-state index in [-0.39, 0.29) is 41.3 Å². The van der Waals surface area contributed by atoms with Crippen molar-refractivity contribution in [1.29, 1.82) is 0 Å². The first-order chi connectivity index (χ1) is 29.5. The summed E-state index contributed by atoms with van der Waals surface area (Å²) >= 11 is 0. The Morgan fingerprint density at radius 2 is 1.62 bits per heavy atom. The largest absolute Gasteiger partial charge is 0.506 e. The minimum absolute atomic E-state index is 0.0664. The lowest BCUT2D eigenvalue weighted by molar-refractivity contribution is -0.118. The third-order valence-corrected chi connectivity index (χ3v) is 11.1. The monoisotopic (exact) mass is 822 g/mol. The first-order valence-electron chi connectivity index (χ1n) is 20.4. The predicted molar refractivity (Wildman–Crippen MR) is 238 cm³/mol. The van der Waals surface area contributed by atoms with E-state index in [0.717, 1.165) is 22.3 Å². The molecule has 1 saturated heterocycles. The minimum Gasteiger partial charge on any atom is -0.506 e. The molecule has 1 fully saturated rings. The lowest BCUT2D eigenvalue weighted by atomic mass is 10.0. The summed E-state index contributed by atoms with van der Waals surface area (Å²) in [6.45, 7) is 4.56. The van der Waals surface area contributed by atoms with Crippen molar-refractivity contribution in [2.45, 2.75) is 44.9 Å². The first-order valence-corrected chi connectivity index (χ1v) is 20.4. The molecule has 13 nitrogen and oxygen atoms in total. The fraction of sp³-hybridized carbons (Fsp3) is 0.250. The normalized spacial score (nSPS) is 13.7. The Balaban J connectivity index is 0.845. The number of phenols is 1. The Hall–Kier alpha value is -6.80. The van der Waals surface area contributed by atoms with Crippen molar-refractivity contribution in [3.05, 3.63) is 154 Å². The van der Waals surface area contributed by atoms with E-state index in [1.807, 2.05) is 79.7 Å². The van der Waals surface area contributed by atoms with Crippen LogP contribution in [0.5, 0.6) is 5.75 Å². The van der Waals surface area contributed by atoms with Crippen molar-refractivity contribution in [2.75, 3.05) is 48.8 Å². The zero-order valence-corrected chi connectivity index (χ0v) is 34.2. The van der Waals surface area contributed by atoms with E-state index in [0.29, 0.717) is 79.0 Å². The second-order valence-corrected chi connectivity index (χ2v) is 15.3. The quantitative estimate of drug-likeness (QED) is 0.0656. The Morgan fingerprint density at radius 3 is 2.39 bits per heavy atom. The summed E-state index contributed by atoms with van der Waals surface area (Å²) in [7, 11) is 1.72. The summed E-state index contributed by atoms with van der Waals surface area (Å²) in [6.07, 6.45) is 0.0517. The van der Waals surface area contributed by atoms with E-state index < -0.39 is 12.2 Å². The molecule has 1 atom stereocenters. The summed E-state index contributed by atoms with van der Waals surface area (Å²) in [5, 5.41) is 30.6. The van der Waals surface area contributed by atoms with Crippen LogP contribution in [0.1, 0.15) is 52.4 Å². The maximum Gasteiger partial charge on any atom is 0.411 e. The number of aliphatic hydroxyl groups excluding tert-OH is 1. The van der Waals surface area contributed by atoms with Gasteiger partial charge in [-0.1, -0.05) is 72.8 Å². The number of aromatic nitrogens is 1. The summed E-state index contributed by atoms with van der Waals surface area (Å²) in [6, 6.07) is 36.2. The van der Waals surface area contributed by atoms with Gasteiger partial charge < -0.3 is 40.4 Å². The van der Waals surface area contributed by atoms with Crippen molar-refractivity contribution in [2.24, 2.45) is 0 Å². The van der Waals surface area contributed by atoms with Gasteiger partial charge in [-0.05, 0) is 84.5 Å². The molecule has 314 valence electrons. The Morgan fingerprint density at radius 1 is 0.885 bits per heavy atom. The number of aromatic hydroxyl groups is 1. The molecule has 6 N–H and O–H groups in total. The average molecular weight is 823 g/mol. The second kappa shape index (κ2) is 19.5. The molecule has 0 radical (unpaired) electrons. The maximum atomic E-state index is 13.4. The number of H-pyrrole nitrogens is 1. The van der Waals surface area contributed by atoms with Gasteiger partial charge in [-0.25, -0.2) is 4.79 Å². The second-order valence-electron chi connectivity index (χ2n) is 15.3. The Bertz CT molecular complexity index is 2550. The van der Waals surface area contributed by atoms with E-state index in [1.54, 1.807) is 48.3 Å². The number of aliphatic hydroxyl groups is 1. The van der Waals surface area contributed by atoms with E-state index in [2.05, 4.69) is 25.8 Å². The molecule has 0 spiro atoms. The highest BCUT2D eigenvalue weighted by molar-refractivity contribution is 6.06. The fourth-order valence-electron chi connectivity index (χ4n) is 7.59. The molecule has 61 heavy (non-hydrogen) atoms. The molecule has 1 aromatic heterocycles. The number of carbonyl (C=O) groups excluding carboxylic acids is 3. The van der Waals surface area contributed by atoms with Gasteiger partial charge in [0.05, 0.1) is 17.3 Å². The van der Waals surface area contributed by atoms with Gasteiger partial charge in [0.15, 0.2) is 0 Å². The number of phenolic OH excluding ortho intramolecular Hbond substituents is 1. The number of fused-ring (bicyclic) bond motifs is 1. The number of aryl methyl sites for hydroxylation is 1. The summed E-state index contributed by atoms with van der Waals surface area (Å²) in [5.41, 5.74) is 6.61. The number of amides is 3. The third-order valence-electron chi connectivity index (χ3n) is 11.1. The van der Waals surface area contributed by atoms with Gasteiger partial charge in [0, 0.05) is 80.1 Å². The number of likely N-dealkylation sites (tertiary alicyclic amines) is 1. The predicted octanol–water partition coefficient (Wildman–Crippen LogP) is 7.35. The molecule has 13 heteroatoms. The number of anilines is 3. The molecule has 5 aromatic carbocycles. The number of rotatable bonds is 14.